The highest BCUT2D eigenvalue weighted by Gasteiger charge is 2.51. The van der Waals surface area contributed by atoms with E-state index in [9.17, 15) is 4.79 Å². The lowest BCUT2D eigenvalue weighted by Crippen LogP contribution is -2.53. The van der Waals surface area contributed by atoms with Gasteiger partial charge in [-0.2, -0.15) is 0 Å². The Hall–Kier alpha value is -0.770. The lowest BCUT2D eigenvalue weighted by Gasteiger charge is -2.57. The average Bonchev–Trinajstić information content (AvgIpc) is 2.26. The summed E-state index contributed by atoms with van der Waals surface area (Å²) in [6.45, 7) is 1.97. The van der Waals surface area contributed by atoms with Crippen molar-refractivity contribution in [2.75, 3.05) is 19.6 Å². The van der Waals surface area contributed by atoms with Gasteiger partial charge in [0, 0.05) is 19.6 Å². The summed E-state index contributed by atoms with van der Waals surface area (Å²) in [4.78, 5) is 13.3. The summed E-state index contributed by atoms with van der Waals surface area (Å²) in [5.74, 6) is 2.76. The van der Waals surface area contributed by atoms with Gasteiger partial charge in [0.2, 0.25) is 0 Å². The van der Waals surface area contributed by atoms with E-state index in [4.69, 9.17) is 11.5 Å². The summed E-state index contributed by atoms with van der Waals surface area (Å²) in [5, 5.41) is 0. The zero-order valence-electron chi connectivity index (χ0n) is 11.1. The molecule has 4 fully saturated rings. The Morgan fingerprint density at radius 3 is 2.00 bits per heavy atom. The van der Waals surface area contributed by atoms with Crippen molar-refractivity contribution in [3.63, 3.8) is 0 Å². The molecule has 4 bridgehead atoms. The molecule has 4 nitrogen and oxygen atoms in total. The molecule has 0 saturated heterocycles. The fraction of sp³-hybridized carbons (Fsp3) is 0.929. The summed E-state index contributed by atoms with van der Waals surface area (Å²) >= 11 is 0. The lowest BCUT2D eigenvalue weighted by atomic mass is 9.49. The first-order valence-corrected chi connectivity index (χ1v) is 7.35. The molecular formula is C14H25N3O. The van der Waals surface area contributed by atoms with Crippen LogP contribution in [-0.2, 0) is 0 Å². The van der Waals surface area contributed by atoms with E-state index >= 15 is 0 Å². The third kappa shape index (κ3) is 2.11. The molecule has 4 saturated carbocycles. The largest absolute Gasteiger partial charge is 0.351 e. The molecule has 0 aromatic rings. The van der Waals surface area contributed by atoms with Crippen molar-refractivity contribution >= 4 is 6.03 Å². The maximum Gasteiger partial charge on any atom is 0.314 e. The molecule has 4 heteroatoms. The zero-order chi connectivity index (χ0) is 12.8. The molecule has 0 heterocycles. The van der Waals surface area contributed by atoms with E-state index in [-0.39, 0.29) is 6.03 Å². The second-order valence-electron chi connectivity index (χ2n) is 6.97. The Morgan fingerprint density at radius 2 is 1.61 bits per heavy atom. The van der Waals surface area contributed by atoms with Crippen molar-refractivity contribution in [1.82, 2.24) is 4.90 Å². The van der Waals surface area contributed by atoms with Crippen LogP contribution in [0.4, 0.5) is 4.79 Å². The van der Waals surface area contributed by atoms with Crippen molar-refractivity contribution in [2.45, 2.75) is 38.5 Å². The SMILES string of the molecule is NCCN(CC12CC3CC(CC(C3)C1)C2)C(N)=O. The monoisotopic (exact) mass is 251 g/mol. The van der Waals surface area contributed by atoms with Gasteiger partial charge in [-0.15, -0.1) is 0 Å². The number of hydrogen-bond donors (Lipinski definition) is 2. The molecule has 4 aliphatic carbocycles. The standard InChI is InChI=1S/C14H25N3O/c15-1-2-17(13(16)18)9-14-6-10-3-11(7-14)5-12(4-10)8-14/h10-12H,1-9,15H2,(H2,16,18). The van der Waals surface area contributed by atoms with E-state index in [0.29, 0.717) is 18.5 Å². The van der Waals surface area contributed by atoms with E-state index in [0.717, 1.165) is 24.3 Å². The van der Waals surface area contributed by atoms with Crippen LogP contribution in [0.3, 0.4) is 0 Å². The van der Waals surface area contributed by atoms with Crippen molar-refractivity contribution in [1.29, 1.82) is 0 Å². The molecule has 0 spiro atoms. The summed E-state index contributed by atoms with van der Waals surface area (Å²) in [7, 11) is 0. The van der Waals surface area contributed by atoms with Gasteiger partial charge in [-0.3, -0.25) is 0 Å². The Morgan fingerprint density at radius 1 is 1.11 bits per heavy atom. The van der Waals surface area contributed by atoms with Gasteiger partial charge < -0.3 is 16.4 Å². The van der Waals surface area contributed by atoms with Crippen LogP contribution in [0, 0.1) is 23.2 Å². The number of hydrogen-bond acceptors (Lipinski definition) is 2. The van der Waals surface area contributed by atoms with Crippen LogP contribution < -0.4 is 11.5 Å². The fourth-order valence-corrected chi connectivity index (χ4v) is 5.31. The Labute approximate surface area is 109 Å². The van der Waals surface area contributed by atoms with Crippen molar-refractivity contribution < 1.29 is 4.79 Å². The number of carbonyl (C=O) groups is 1. The van der Waals surface area contributed by atoms with E-state index in [2.05, 4.69) is 0 Å². The number of amides is 2. The molecule has 0 aromatic heterocycles. The van der Waals surface area contributed by atoms with E-state index < -0.39 is 0 Å². The molecular weight excluding hydrogens is 226 g/mol. The smallest absolute Gasteiger partial charge is 0.314 e. The van der Waals surface area contributed by atoms with Gasteiger partial charge >= 0.3 is 6.03 Å². The molecule has 18 heavy (non-hydrogen) atoms. The van der Waals surface area contributed by atoms with Crippen LogP contribution >= 0.6 is 0 Å². The van der Waals surface area contributed by atoms with Crippen LogP contribution in [0.2, 0.25) is 0 Å². The number of carbonyl (C=O) groups excluding carboxylic acids is 1. The Kier molecular flexibility index (Phi) is 3.00. The number of primary amides is 1. The van der Waals surface area contributed by atoms with Crippen LogP contribution in [0.25, 0.3) is 0 Å². The highest BCUT2D eigenvalue weighted by atomic mass is 16.2. The number of rotatable bonds is 4. The predicted octanol–water partition coefficient (Wildman–Crippen LogP) is 1.54. The Bertz CT molecular complexity index is 307. The Balaban J connectivity index is 1.72. The molecule has 0 radical (unpaired) electrons. The summed E-state index contributed by atoms with van der Waals surface area (Å²) in [5.41, 5.74) is 11.4. The predicted molar refractivity (Wildman–Crippen MR) is 70.8 cm³/mol. The van der Waals surface area contributed by atoms with Gasteiger partial charge in [0.15, 0.2) is 0 Å². The molecule has 102 valence electrons. The molecule has 2 amide bonds. The van der Waals surface area contributed by atoms with Crippen molar-refractivity contribution in [2.24, 2.45) is 34.6 Å². The molecule has 4 aliphatic rings. The fourth-order valence-electron chi connectivity index (χ4n) is 5.31. The second-order valence-corrected chi connectivity index (χ2v) is 6.97. The highest BCUT2D eigenvalue weighted by molar-refractivity contribution is 5.72. The maximum absolute atomic E-state index is 11.5. The average molecular weight is 251 g/mol. The first-order valence-electron chi connectivity index (χ1n) is 7.35. The van der Waals surface area contributed by atoms with Crippen LogP contribution in [-0.4, -0.2) is 30.6 Å². The second kappa shape index (κ2) is 4.41. The minimum Gasteiger partial charge on any atom is -0.351 e. The van der Waals surface area contributed by atoms with Crippen molar-refractivity contribution in [3.8, 4) is 0 Å². The minimum absolute atomic E-state index is 0.295. The quantitative estimate of drug-likeness (QED) is 0.795. The van der Waals surface area contributed by atoms with Gasteiger partial charge in [-0.25, -0.2) is 4.79 Å². The highest BCUT2D eigenvalue weighted by Crippen LogP contribution is 2.60. The third-order valence-electron chi connectivity index (χ3n) is 5.40. The first kappa shape index (κ1) is 12.3. The number of urea groups is 1. The molecule has 0 atom stereocenters. The normalized spacial score (nSPS) is 41.1. The minimum atomic E-state index is -0.295. The van der Waals surface area contributed by atoms with Crippen molar-refractivity contribution in [3.05, 3.63) is 0 Å². The van der Waals surface area contributed by atoms with Gasteiger partial charge in [0.1, 0.15) is 0 Å². The number of nitrogens with two attached hydrogens (primary N) is 2. The van der Waals surface area contributed by atoms with E-state index in [1.165, 1.54) is 38.5 Å². The topological polar surface area (TPSA) is 72.3 Å². The van der Waals surface area contributed by atoms with E-state index in [1.807, 2.05) is 0 Å². The van der Waals surface area contributed by atoms with Crippen LogP contribution in [0.1, 0.15) is 38.5 Å². The van der Waals surface area contributed by atoms with Gasteiger partial charge in [-0.1, -0.05) is 0 Å². The first-order chi connectivity index (χ1) is 8.60. The molecule has 0 aliphatic heterocycles. The molecule has 4 rings (SSSR count). The van der Waals surface area contributed by atoms with Gasteiger partial charge in [0.25, 0.3) is 0 Å². The van der Waals surface area contributed by atoms with E-state index in [1.54, 1.807) is 4.90 Å². The van der Waals surface area contributed by atoms with Gasteiger partial charge in [0.05, 0.1) is 0 Å². The molecule has 4 N–H and O–H groups in total. The summed E-state index contributed by atoms with van der Waals surface area (Å²) in [6, 6.07) is -0.295. The van der Waals surface area contributed by atoms with Crippen LogP contribution in [0.5, 0.6) is 0 Å². The molecule has 0 unspecified atom stereocenters. The third-order valence-corrected chi connectivity index (χ3v) is 5.40. The summed E-state index contributed by atoms with van der Waals surface area (Å²) in [6.07, 6.45) is 8.25. The number of nitrogens with zero attached hydrogens (tertiary/aromatic N) is 1. The zero-order valence-corrected chi connectivity index (χ0v) is 11.1. The maximum atomic E-state index is 11.5. The summed E-state index contributed by atoms with van der Waals surface area (Å²) < 4.78 is 0. The lowest BCUT2D eigenvalue weighted by molar-refractivity contribution is -0.0632. The van der Waals surface area contributed by atoms with Crippen LogP contribution in [0.15, 0.2) is 0 Å². The molecule has 0 aromatic carbocycles. The van der Waals surface area contributed by atoms with Gasteiger partial charge in [-0.05, 0) is 61.7 Å².